The molecule has 3 aromatic carbocycles. The van der Waals surface area contributed by atoms with Gasteiger partial charge in [0.2, 0.25) is 0 Å². The van der Waals surface area contributed by atoms with Crippen LogP contribution in [0.15, 0.2) is 71.8 Å². The third-order valence-electron chi connectivity index (χ3n) is 5.73. The molecule has 4 rings (SSSR count). The zero-order chi connectivity index (χ0) is 24.3. The van der Waals surface area contributed by atoms with Gasteiger partial charge in [0.15, 0.2) is 0 Å². The van der Waals surface area contributed by atoms with Crippen LogP contribution in [0.3, 0.4) is 0 Å². The van der Waals surface area contributed by atoms with Crippen molar-refractivity contribution in [3.8, 4) is 0 Å². The van der Waals surface area contributed by atoms with E-state index in [1.807, 2.05) is 43.3 Å². The van der Waals surface area contributed by atoms with Crippen molar-refractivity contribution in [2.45, 2.75) is 36.1 Å². The second kappa shape index (κ2) is 9.93. The van der Waals surface area contributed by atoms with Crippen molar-refractivity contribution in [1.82, 2.24) is 10.2 Å². The lowest BCUT2D eigenvalue weighted by Crippen LogP contribution is -2.06. The number of aromatic nitrogens is 2. The first kappa shape index (κ1) is 23.9. The Morgan fingerprint density at radius 3 is 2.56 bits per heavy atom. The van der Waals surface area contributed by atoms with E-state index < -0.39 is 11.7 Å². The maximum atomic E-state index is 13.1. The first-order chi connectivity index (χ1) is 16.3. The van der Waals surface area contributed by atoms with Gasteiger partial charge in [-0.2, -0.15) is 18.3 Å². The van der Waals surface area contributed by atoms with E-state index in [4.69, 9.17) is 4.74 Å². The van der Waals surface area contributed by atoms with Crippen molar-refractivity contribution in [2.75, 3.05) is 7.11 Å². The van der Waals surface area contributed by atoms with Crippen LogP contribution < -0.4 is 0 Å². The van der Waals surface area contributed by atoms with E-state index in [-0.39, 0.29) is 11.2 Å². The molecule has 8 heteroatoms. The molecule has 1 atom stereocenters. The largest absolute Gasteiger partial charge is 0.469 e. The molecule has 1 aromatic heterocycles. The van der Waals surface area contributed by atoms with E-state index in [0.717, 1.165) is 50.2 Å². The minimum Gasteiger partial charge on any atom is -0.469 e. The van der Waals surface area contributed by atoms with E-state index in [1.165, 1.54) is 19.2 Å². The summed E-state index contributed by atoms with van der Waals surface area (Å²) in [4.78, 5) is 12.5. The van der Waals surface area contributed by atoms with Crippen LogP contribution in [0.1, 0.15) is 39.5 Å². The molecule has 0 aliphatic rings. The molecule has 0 saturated carbocycles. The van der Waals surface area contributed by atoms with Gasteiger partial charge in [-0.3, -0.25) is 9.89 Å². The molecule has 0 spiro atoms. The van der Waals surface area contributed by atoms with Gasteiger partial charge in [-0.25, -0.2) is 0 Å². The summed E-state index contributed by atoms with van der Waals surface area (Å²) in [5, 5.41) is 7.84. The monoisotopic (exact) mass is 484 g/mol. The summed E-state index contributed by atoms with van der Waals surface area (Å²) in [6, 6.07) is 17.2. The fraction of sp³-hybridized carbons (Fsp3) is 0.231. The molecule has 34 heavy (non-hydrogen) atoms. The number of aromatic amines is 1. The molecular formula is C26H23F3N2O2S. The molecule has 0 aliphatic heterocycles. The van der Waals surface area contributed by atoms with E-state index in [1.54, 1.807) is 18.0 Å². The predicted molar refractivity (Wildman–Crippen MR) is 127 cm³/mol. The number of nitrogens with zero attached hydrogens (tertiary/aromatic N) is 1. The molecule has 0 aliphatic carbocycles. The van der Waals surface area contributed by atoms with E-state index >= 15 is 0 Å². The van der Waals surface area contributed by atoms with Crippen LogP contribution in [0.2, 0.25) is 0 Å². The number of rotatable bonds is 7. The Balaban J connectivity index is 1.69. The Hall–Kier alpha value is -3.26. The normalized spacial score (nSPS) is 12.6. The fourth-order valence-electron chi connectivity index (χ4n) is 3.87. The summed E-state index contributed by atoms with van der Waals surface area (Å²) in [6.07, 6.45) is -1.77. The number of ether oxygens (including phenoxy) is 1. The van der Waals surface area contributed by atoms with Crippen molar-refractivity contribution in [3.63, 3.8) is 0 Å². The summed E-state index contributed by atoms with van der Waals surface area (Å²) in [5.41, 5.74) is 3.97. The number of thioether (sulfide) groups is 1. The van der Waals surface area contributed by atoms with E-state index in [2.05, 4.69) is 10.2 Å². The number of nitrogens with one attached hydrogen (secondary N) is 1. The summed E-state index contributed by atoms with van der Waals surface area (Å²) in [7, 11) is 1.37. The van der Waals surface area contributed by atoms with Crippen molar-refractivity contribution in [1.29, 1.82) is 0 Å². The Bertz CT molecular complexity index is 1300. The van der Waals surface area contributed by atoms with Gasteiger partial charge in [0.1, 0.15) is 0 Å². The first-order valence-electron chi connectivity index (χ1n) is 10.7. The Kier molecular flexibility index (Phi) is 6.97. The standard InChI is InChI=1S/C26H23F3N2O2S/c1-16-14-21(12-8-17(16)9-13-23(32)33-2)34-25(18-6-10-20(11-7-18)26(27,28)29)22-5-3-4-19-15-30-31-24(19)22/h3-8,10-12,14-15,25H,9,13H2,1-2H3,(H,30,31). The molecule has 4 nitrogen and oxygen atoms in total. The van der Waals surface area contributed by atoms with Crippen molar-refractivity contribution < 1.29 is 22.7 Å². The van der Waals surface area contributed by atoms with Crippen LogP contribution in [-0.4, -0.2) is 23.3 Å². The average molecular weight is 485 g/mol. The number of methoxy groups -OCH3 is 1. The number of esters is 1. The number of aryl methyl sites for hydroxylation is 2. The summed E-state index contributed by atoms with van der Waals surface area (Å²) >= 11 is 1.56. The zero-order valence-corrected chi connectivity index (χ0v) is 19.5. The number of H-pyrrole nitrogens is 1. The maximum absolute atomic E-state index is 13.1. The van der Waals surface area contributed by atoms with Gasteiger partial charge >= 0.3 is 12.1 Å². The minimum absolute atomic E-state index is 0.257. The van der Waals surface area contributed by atoms with E-state index in [0.29, 0.717) is 12.8 Å². The van der Waals surface area contributed by atoms with Gasteiger partial charge in [-0.15, -0.1) is 11.8 Å². The van der Waals surface area contributed by atoms with Crippen LogP contribution in [0.25, 0.3) is 10.9 Å². The molecule has 0 bridgehead atoms. The molecule has 0 fully saturated rings. The second-order valence-electron chi connectivity index (χ2n) is 7.96. The minimum atomic E-state index is -4.39. The summed E-state index contributed by atoms with van der Waals surface area (Å²) < 4.78 is 44.1. The van der Waals surface area contributed by atoms with Crippen molar-refractivity contribution in [2.24, 2.45) is 0 Å². The lowest BCUT2D eigenvalue weighted by atomic mass is 10.0. The van der Waals surface area contributed by atoms with E-state index in [9.17, 15) is 18.0 Å². The average Bonchev–Trinajstić information content (AvgIpc) is 3.30. The van der Waals surface area contributed by atoms with Crippen molar-refractivity contribution in [3.05, 3.63) is 94.7 Å². The molecule has 0 saturated heterocycles. The lowest BCUT2D eigenvalue weighted by molar-refractivity contribution is -0.140. The van der Waals surface area contributed by atoms with Crippen LogP contribution in [0.4, 0.5) is 13.2 Å². The first-order valence-corrected chi connectivity index (χ1v) is 11.6. The molecular weight excluding hydrogens is 461 g/mol. The zero-order valence-electron chi connectivity index (χ0n) is 18.6. The number of benzene rings is 3. The summed E-state index contributed by atoms with van der Waals surface area (Å²) in [5.74, 6) is -0.257. The van der Waals surface area contributed by atoms with Gasteiger partial charge in [0.05, 0.1) is 29.6 Å². The van der Waals surface area contributed by atoms with Crippen molar-refractivity contribution >= 4 is 28.6 Å². The van der Waals surface area contributed by atoms with Crippen LogP contribution in [0.5, 0.6) is 0 Å². The number of carbonyl (C=O) groups is 1. The number of fused-ring (bicyclic) bond motifs is 1. The van der Waals surface area contributed by atoms with Gasteiger partial charge in [-0.05, 0) is 59.9 Å². The molecule has 0 amide bonds. The van der Waals surface area contributed by atoms with Gasteiger partial charge in [0.25, 0.3) is 0 Å². The van der Waals surface area contributed by atoms with Gasteiger partial charge in [0, 0.05) is 16.7 Å². The molecule has 0 radical (unpaired) electrons. The smallest absolute Gasteiger partial charge is 0.416 e. The third kappa shape index (κ3) is 5.28. The number of alkyl halides is 3. The molecule has 1 unspecified atom stereocenters. The Morgan fingerprint density at radius 2 is 1.88 bits per heavy atom. The SMILES string of the molecule is COC(=O)CCc1ccc(SC(c2ccc(C(F)(F)F)cc2)c2cccc3cn[nH]c23)cc1C. The highest BCUT2D eigenvalue weighted by atomic mass is 32.2. The summed E-state index contributed by atoms with van der Waals surface area (Å²) in [6.45, 7) is 1.99. The number of para-hydroxylation sites is 1. The highest BCUT2D eigenvalue weighted by molar-refractivity contribution is 7.99. The third-order valence-corrected chi connectivity index (χ3v) is 7.01. The van der Waals surface area contributed by atoms with Gasteiger partial charge < -0.3 is 4.74 Å². The lowest BCUT2D eigenvalue weighted by Gasteiger charge is -2.20. The van der Waals surface area contributed by atoms with Crippen LogP contribution in [-0.2, 0) is 22.1 Å². The quantitative estimate of drug-likeness (QED) is 0.230. The topological polar surface area (TPSA) is 55.0 Å². The predicted octanol–water partition coefficient (Wildman–Crippen LogP) is 6.88. The molecule has 1 heterocycles. The molecule has 176 valence electrons. The molecule has 4 aromatic rings. The Morgan fingerprint density at radius 1 is 1.12 bits per heavy atom. The second-order valence-corrected chi connectivity index (χ2v) is 9.14. The number of carbonyl (C=O) groups excluding carboxylic acids is 1. The highest BCUT2D eigenvalue weighted by Crippen LogP contribution is 2.43. The van der Waals surface area contributed by atoms with Crippen LogP contribution >= 0.6 is 11.8 Å². The Labute approximate surface area is 199 Å². The molecule has 1 N–H and O–H groups in total. The highest BCUT2D eigenvalue weighted by Gasteiger charge is 2.30. The fourth-order valence-corrected chi connectivity index (χ4v) is 5.15. The maximum Gasteiger partial charge on any atom is 0.416 e. The number of halogens is 3. The van der Waals surface area contributed by atoms with Gasteiger partial charge in [-0.1, -0.05) is 36.4 Å². The number of hydrogen-bond donors (Lipinski definition) is 1. The number of hydrogen-bond acceptors (Lipinski definition) is 4. The van der Waals surface area contributed by atoms with Crippen LogP contribution in [0, 0.1) is 6.92 Å².